The summed E-state index contributed by atoms with van der Waals surface area (Å²) in [6, 6.07) is 6.27. The maximum absolute atomic E-state index is 12.5. The number of hydrogen-bond acceptors (Lipinski definition) is 1. The Bertz CT molecular complexity index is 549. The molecule has 0 aliphatic carbocycles. The van der Waals surface area contributed by atoms with Gasteiger partial charge in [-0.05, 0) is 59.3 Å². The summed E-state index contributed by atoms with van der Waals surface area (Å²) in [6.45, 7) is 1.66. The molecule has 0 atom stereocenters. The summed E-state index contributed by atoms with van der Waals surface area (Å²) in [6.07, 6.45) is -4.39. The summed E-state index contributed by atoms with van der Waals surface area (Å²) >= 11 is 2.12. The number of rotatable bonds is 0. The number of fused-ring (bicyclic) bond motifs is 1. The molecule has 0 bridgehead atoms. The first-order valence-electron chi connectivity index (χ1n) is 4.52. The normalized spacial score (nSPS) is 12.1. The Morgan fingerprint density at radius 1 is 1.19 bits per heavy atom. The highest BCUT2D eigenvalue weighted by molar-refractivity contribution is 14.1. The lowest BCUT2D eigenvalue weighted by molar-refractivity contribution is -0.141. The minimum atomic E-state index is -4.39. The summed E-state index contributed by atoms with van der Waals surface area (Å²) in [7, 11) is 0. The molecule has 5 heteroatoms. The van der Waals surface area contributed by atoms with Gasteiger partial charge in [-0.1, -0.05) is 0 Å². The molecule has 1 nitrogen and oxygen atoms in total. The highest BCUT2D eigenvalue weighted by Gasteiger charge is 2.32. The van der Waals surface area contributed by atoms with E-state index >= 15 is 0 Å². The van der Waals surface area contributed by atoms with Gasteiger partial charge in [0, 0.05) is 8.96 Å². The Kier molecular flexibility index (Phi) is 2.81. The van der Waals surface area contributed by atoms with Crippen LogP contribution in [-0.4, -0.2) is 4.98 Å². The number of alkyl halides is 3. The molecule has 1 aromatic carbocycles. The average Bonchev–Trinajstić information content (AvgIpc) is 2.17. The standard InChI is InChI=1S/C11H7F3IN/c1-6-4-10(11(12,13)14)16-9-3-2-7(15)5-8(6)9/h2-5H,1H3. The van der Waals surface area contributed by atoms with E-state index in [2.05, 4.69) is 27.6 Å². The van der Waals surface area contributed by atoms with Crippen LogP contribution in [0.15, 0.2) is 24.3 Å². The summed E-state index contributed by atoms with van der Waals surface area (Å²) in [5.41, 5.74) is 0.141. The van der Waals surface area contributed by atoms with E-state index in [0.29, 0.717) is 11.1 Å². The number of nitrogens with zero attached hydrogens (tertiary/aromatic N) is 1. The number of halogens is 4. The van der Waals surface area contributed by atoms with Crippen molar-refractivity contribution < 1.29 is 13.2 Å². The van der Waals surface area contributed by atoms with E-state index in [1.807, 2.05) is 6.07 Å². The van der Waals surface area contributed by atoms with Crippen LogP contribution in [0.1, 0.15) is 11.3 Å². The molecule has 0 aliphatic rings. The molecule has 0 spiro atoms. The summed E-state index contributed by atoms with van der Waals surface area (Å²) < 4.78 is 38.5. The largest absolute Gasteiger partial charge is 0.433 e. The molecule has 0 saturated heterocycles. The molecule has 0 fully saturated rings. The van der Waals surface area contributed by atoms with Crippen molar-refractivity contribution in [1.82, 2.24) is 4.98 Å². The smallest absolute Gasteiger partial charge is 0.243 e. The van der Waals surface area contributed by atoms with Gasteiger partial charge in [0.05, 0.1) is 5.52 Å². The second kappa shape index (κ2) is 3.87. The molecule has 2 rings (SSSR count). The second-order valence-electron chi connectivity index (χ2n) is 3.48. The number of pyridine rings is 1. The summed E-state index contributed by atoms with van der Waals surface area (Å²) in [4.78, 5) is 3.62. The fraction of sp³-hybridized carbons (Fsp3) is 0.182. The topological polar surface area (TPSA) is 12.9 Å². The van der Waals surface area contributed by atoms with Crippen LogP contribution in [0.3, 0.4) is 0 Å². The van der Waals surface area contributed by atoms with Gasteiger partial charge in [-0.15, -0.1) is 0 Å². The van der Waals surface area contributed by atoms with E-state index < -0.39 is 11.9 Å². The van der Waals surface area contributed by atoms with Crippen molar-refractivity contribution in [3.63, 3.8) is 0 Å². The van der Waals surface area contributed by atoms with Crippen LogP contribution in [0.25, 0.3) is 10.9 Å². The third kappa shape index (κ3) is 2.14. The van der Waals surface area contributed by atoms with Gasteiger partial charge in [-0.3, -0.25) is 0 Å². The van der Waals surface area contributed by atoms with Crippen molar-refractivity contribution in [3.05, 3.63) is 39.1 Å². The third-order valence-electron chi connectivity index (χ3n) is 2.27. The fourth-order valence-corrected chi connectivity index (χ4v) is 2.00. The molecular weight excluding hydrogens is 330 g/mol. The molecule has 0 aliphatic heterocycles. The Hall–Kier alpha value is -0.850. The number of aryl methyl sites for hydroxylation is 1. The molecule has 0 N–H and O–H groups in total. The number of hydrogen-bond donors (Lipinski definition) is 0. The Morgan fingerprint density at radius 2 is 1.88 bits per heavy atom. The summed E-state index contributed by atoms with van der Waals surface area (Å²) in [5.74, 6) is 0. The molecule has 0 saturated carbocycles. The fourth-order valence-electron chi connectivity index (χ4n) is 1.51. The van der Waals surface area contributed by atoms with Gasteiger partial charge < -0.3 is 0 Å². The molecule has 2 aromatic rings. The Morgan fingerprint density at radius 3 is 2.50 bits per heavy atom. The van der Waals surface area contributed by atoms with E-state index in [4.69, 9.17) is 0 Å². The minimum absolute atomic E-state index is 0.382. The molecule has 16 heavy (non-hydrogen) atoms. The maximum Gasteiger partial charge on any atom is 0.433 e. The molecule has 1 heterocycles. The van der Waals surface area contributed by atoms with Crippen LogP contribution in [0, 0.1) is 10.5 Å². The van der Waals surface area contributed by atoms with Crippen molar-refractivity contribution in [2.75, 3.05) is 0 Å². The lowest BCUT2D eigenvalue weighted by atomic mass is 10.1. The van der Waals surface area contributed by atoms with E-state index in [0.717, 1.165) is 15.0 Å². The first-order chi connectivity index (χ1) is 7.38. The molecule has 0 radical (unpaired) electrons. The van der Waals surface area contributed by atoms with Crippen molar-refractivity contribution in [3.8, 4) is 0 Å². The molecular formula is C11H7F3IN. The van der Waals surface area contributed by atoms with E-state index in [1.54, 1.807) is 19.1 Å². The predicted octanol–water partition coefficient (Wildman–Crippen LogP) is 4.17. The first-order valence-corrected chi connectivity index (χ1v) is 5.60. The Labute approximate surface area is 104 Å². The first kappa shape index (κ1) is 11.6. The molecule has 1 aromatic heterocycles. The van der Waals surface area contributed by atoms with Crippen LogP contribution < -0.4 is 0 Å². The summed E-state index contributed by atoms with van der Waals surface area (Å²) in [5, 5.41) is 0.764. The zero-order chi connectivity index (χ0) is 11.9. The van der Waals surface area contributed by atoms with Crippen LogP contribution in [0.5, 0.6) is 0 Å². The van der Waals surface area contributed by atoms with Gasteiger partial charge >= 0.3 is 6.18 Å². The van der Waals surface area contributed by atoms with Crippen molar-refractivity contribution >= 4 is 33.5 Å². The van der Waals surface area contributed by atoms with Gasteiger partial charge in [0.1, 0.15) is 5.69 Å². The van der Waals surface area contributed by atoms with Crippen molar-refractivity contribution in [1.29, 1.82) is 0 Å². The Balaban J connectivity index is 2.74. The van der Waals surface area contributed by atoms with E-state index in [-0.39, 0.29) is 0 Å². The van der Waals surface area contributed by atoms with Crippen LogP contribution in [0.2, 0.25) is 0 Å². The van der Waals surface area contributed by atoms with Crippen LogP contribution in [-0.2, 0) is 6.18 Å². The lowest BCUT2D eigenvalue weighted by Gasteiger charge is -2.09. The van der Waals surface area contributed by atoms with Gasteiger partial charge in [0.2, 0.25) is 0 Å². The molecule has 0 unspecified atom stereocenters. The quantitative estimate of drug-likeness (QED) is 0.658. The minimum Gasteiger partial charge on any atom is -0.243 e. The maximum atomic E-state index is 12.5. The van der Waals surface area contributed by atoms with Gasteiger partial charge in [-0.2, -0.15) is 13.2 Å². The van der Waals surface area contributed by atoms with Crippen molar-refractivity contribution in [2.24, 2.45) is 0 Å². The highest BCUT2D eigenvalue weighted by atomic mass is 127. The average molecular weight is 337 g/mol. The van der Waals surface area contributed by atoms with Gasteiger partial charge in [0.15, 0.2) is 0 Å². The highest BCUT2D eigenvalue weighted by Crippen LogP contribution is 2.31. The van der Waals surface area contributed by atoms with Crippen LogP contribution >= 0.6 is 22.6 Å². The zero-order valence-corrected chi connectivity index (χ0v) is 10.4. The van der Waals surface area contributed by atoms with E-state index in [1.165, 1.54) is 0 Å². The number of benzene rings is 1. The molecule has 84 valence electrons. The lowest BCUT2D eigenvalue weighted by Crippen LogP contribution is -2.08. The van der Waals surface area contributed by atoms with Crippen molar-refractivity contribution in [2.45, 2.75) is 13.1 Å². The monoisotopic (exact) mass is 337 g/mol. The van der Waals surface area contributed by atoms with Gasteiger partial charge in [0.25, 0.3) is 0 Å². The SMILES string of the molecule is Cc1cc(C(F)(F)F)nc2ccc(I)cc12. The van der Waals surface area contributed by atoms with E-state index in [9.17, 15) is 13.2 Å². The third-order valence-corrected chi connectivity index (χ3v) is 2.94. The molecule has 0 amide bonds. The van der Waals surface area contributed by atoms with Crippen LogP contribution in [0.4, 0.5) is 13.2 Å². The zero-order valence-electron chi connectivity index (χ0n) is 8.27. The van der Waals surface area contributed by atoms with Gasteiger partial charge in [-0.25, -0.2) is 4.98 Å². The number of aromatic nitrogens is 1. The second-order valence-corrected chi connectivity index (χ2v) is 4.73. The predicted molar refractivity (Wildman–Crippen MR) is 64.2 cm³/mol.